The van der Waals surface area contributed by atoms with Gasteiger partial charge in [-0.3, -0.25) is 0 Å². The number of benzene rings is 8. The van der Waals surface area contributed by atoms with E-state index in [0.717, 1.165) is 12.1 Å². The van der Waals surface area contributed by atoms with Crippen molar-refractivity contribution < 1.29 is 0 Å². The van der Waals surface area contributed by atoms with Crippen molar-refractivity contribution in [1.82, 2.24) is 0 Å². The van der Waals surface area contributed by atoms with E-state index < -0.39 is 0 Å². The highest BCUT2D eigenvalue weighted by Gasteiger charge is 2.38. The molecule has 0 aliphatic heterocycles. The molecule has 1 heteroatoms. The van der Waals surface area contributed by atoms with Gasteiger partial charge in [-0.2, -0.15) is 0 Å². The zero-order valence-electron chi connectivity index (χ0n) is 29.3. The van der Waals surface area contributed by atoms with Crippen molar-refractivity contribution in [3.05, 3.63) is 181 Å². The Morgan fingerprint density at radius 2 is 1.20 bits per heavy atom. The van der Waals surface area contributed by atoms with E-state index in [4.69, 9.17) is 0 Å². The summed E-state index contributed by atoms with van der Waals surface area (Å²) in [5.74, 6) is 0.528. The first-order valence-electron chi connectivity index (χ1n) is 18.2. The Morgan fingerprint density at radius 1 is 0.529 bits per heavy atom. The van der Waals surface area contributed by atoms with Crippen LogP contribution in [-0.2, 0) is 5.41 Å². The van der Waals surface area contributed by atoms with E-state index in [1.54, 1.807) is 0 Å². The first-order chi connectivity index (χ1) is 25.0. The fourth-order valence-electron chi connectivity index (χ4n) is 9.06. The Kier molecular flexibility index (Phi) is 6.64. The van der Waals surface area contributed by atoms with E-state index >= 15 is 0 Å². The molecule has 0 aromatic heterocycles. The van der Waals surface area contributed by atoms with Crippen LogP contribution >= 0.6 is 0 Å². The molecule has 1 nitrogen and oxygen atoms in total. The predicted molar refractivity (Wildman–Crippen MR) is 219 cm³/mol. The molecule has 51 heavy (non-hydrogen) atoms. The van der Waals surface area contributed by atoms with Crippen LogP contribution in [0.5, 0.6) is 0 Å². The molecule has 0 saturated heterocycles. The average molecular weight is 654 g/mol. The monoisotopic (exact) mass is 653 g/mol. The van der Waals surface area contributed by atoms with Gasteiger partial charge in [-0.05, 0) is 114 Å². The van der Waals surface area contributed by atoms with Crippen LogP contribution in [0.25, 0.3) is 59.8 Å². The molecule has 244 valence electrons. The molecule has 2 aliphatic rings. The van der Waals surface area contributed by atoms with Crippen LogP contribution in [0.4, 0.5) is 17.1 Å². The smallest absolute Gasteiger partial charge is 0.0546 e. The second-order valence-electron chi connectivity index (χ2n) is 15.0. The third-order valence-electron chi connectivity index (χ3n) is 11.6. The summed E-state index contributed by atoms with van der Waals surface area (Å²) < 4.78 is 0. The summed E-state index contributed by atoms with van der Waals surface area (Å²) in [5, 5.41) is 10.1. The van der Waals surface area contributed by atoms with Gasteiger partial charge >= 0.3 is 0 Å². The third-order valence-corrected chi connectivity index (χ3v) is 11.6. The van der Waals surface area contributed by atoms with Gasteiger partial charge < -0.3 is 4.90 Å². The SMILES string of the molecule is CC1C=CC2=C(C1)c1cc(N(c3cccc(-c4cccc5ccccc45)c3)c3cc4c5ccccc5ccc4c4ccccc34)ccc1C2(C)C. The van der Waals surface area contributed by atoms with Gasteiger partial charge in [-0.1, -0.05) is 154 Å². The topological polar surface area (TPSA) is 3.24 Å². The van der Waals surface area contributed by atoms with Gasteiger partial charge in [-0.25, -0.2) is 0 Å². The van der Waals surface area contributed by atoms with E-state index in [2.05, 4.69) is 189 Å². The van der Waals surface area contributed by atoms with Crippen LogP contribution in [0, 0.1) is 5.92 Å². The van der Waals surface area contributed by atoms with Gasteiger partial charge in [0.05, 0.1) is 5.69 Å². The van der Waals surface area contributed by atoms with Crippen molar-refractivity contribution in [1.29, 1.82) is 0 Å². The number of hydrogen-bond acceptors (Lipinski definition) is 1. The molecule has 1 atom stereocenters. The van der Waals surface area contributed by atoms with Crippen LogP contribution in [0.2, 0.25) is 0 Å². The molecule has 1 unspecified atom stereocenters. The van der Waals surface area contributed by atoms with E-state index in [1.807, 2.05) is 0 Å². The summed E-state index contributed by atoms with van der Waals surface area (Å²) >= 11 is 0. The van der Waals surface area contributed by atoms with Crippen LogP contribution in [-0.4, -0.2) is 0 Å². The Bertz CT molecular complexity index is 2770. The molecule has 0 radical (unpaired) electrons. The molecule has 0 heterocycles. The first-order valence-corrected chi connectivity index (χ1v) is 18.2. The lowest BCUT2D eigenvalue weighted by Gasteiger charge is -2.29. The summed E-state index contributed by atoms with van der Waals surface area (Å²) in [6.45, 7) is 7.12. The van der Waals surface area contributed by atoms with Gasteiger partial charge in [-0.15, -0.1) is 0 Å². The highest BCUT2D eigenvalue weighted by molar-refractivity contribution is 6.21. The molecule has 0 amide bonds. The Balaban J connectivity index is 1.27. The number of allylic oxidation sites excluding steroid dienone is 4. The van der Waals surface area contributed by atoms with Gasteiger partial charge in [0.2, 0.25) is 0 Å². The Hall–Kier alpha value is -5.92. The summed E-state index contributed by atoms with van der Waals surface area (Å²) in [7, 11) is 0. The number of hydrogen-bond donors (Lipinski definition) is 0. The molecule has 2 aliphatic carbocycles. The molecular weight excluding hydrogens is 615 g/mol. The summed E-state index contributed by atoms with van der Waals surface area (Å²) in [6.07, 6.45) is 5.87. The molecule has 10 rings (SSSR count). The fourth-order valence-corrected chi connectivity index (χ4v) is 9.06. The normalized spacial score (nSPS) is 16.3. The molecule has 0 spiro atoms. The highest BCUT2D eigenvalue weighted by atomic mass is 15.1. The first kappa shape index (κ1) is 29.9. The van der Waals surface area contributed by atoms with Crippen molar-refractivity contribution in [2.24, 2.45) is 5.92 Å². The van der Waals surface area contributed by atoms with Crippen molar-refractivity contribution in [2.45, 2.75) is 32.6 Å². The van der Waals surface area contributed by atoms with E-state index in [-0.39, 0.29) is 5.41 Å². The lowest BCUT2D eigenvalue weighted by molar-refractivity contribution is 0.643. The van der Waals surface area contributed by atoms with Crippen molar-refractivity contribution >= 4 is 65.7 Å². The van der Waals surface area contributed by atoms with Crippen molar-refractivity contribution in [2.75, 3.05) is 4.90 Å². The molecule has 0 bridgehead atoms. The maximum atomic E-state index is 2.52. The number of fused-ring (bicyclic) bond motifs is 8. The van der Waals surface area contributed by atoms with Crippen LogP contribution in [0.3, 0.4) is 0 Å². The Labute approximate surface area is 299 Å². The third kappa shape index (κ3) is 4.61. The summed E-state index contributed by atoms with van der Waals surface area (Å²) in [4.78, 5) is 2.52. The molecular formula is C50H39N. The lowest BCUT2D eigenvalue weighted by atomic mass is 9.79. The molecule has 0 fully saturated rings. The summed E-state index contributed by atoms with van der Waals surface area (Å²) in [5.41, 5.74) is 11.8. The van der Waals surface area contributed by atoms with Crippen LogP contribution in [0.15, 0.2) is 169 Å². The average Bonchev–Trinajstić information content (AvgIpc) is 3.39. The Morgan fingerprint density at radius 3 is 2.04 bits per heavy atom. The van der Waals surface area contributed by atoms with E-state index in [9.17, 15) is 0 Å². The standard InChI is InChI=1S/C50H39N/c1-32-22-26-47-45(28-32)46-30-37(24-27-48(46)50(47,2)3)51(36-16-10-15-35(29-36)40-21-11-14-33-12-4-6-17-38(33)40)49-31-44-39-18-7-5-13-34(39)23-25-42(44)41-19-8-9-20-43(41)49/h4-27,29-32H,28H2,1-3H3. The number of rotatable bonds is 4. The minimum atomic E-state index is -0.0203. The van der Waals surface area contributed by atoms with Gasteiger partial charge in [0.15, 0.2) is 0 Å². The second kappa shape index (κ2) is 11.3. The number of anilines is 3. The van der Waals surface area contributed by atoms with E-state index in [1.165, 1.54) is 87.9 Å². The van der Waals surface area contributed by atoms with Gasteiger partial charge in [0.25, 0.3) is 0 Å². The molecule has 0 N–H and O–H groups in total. The minimum absolute atomic E-state index is 0.0203. The maximum Gasteiger partial charge on any atom is 0.0546 e. The van der Waals surface area contributed by atoms with Crippen molar-refractivity contribution in [3.63, 3.8) is 0 Å². The lowest BCUT2D eigenvalue weighted by Crippen LogP contribution is -2.17. The second-order valence-corrected chi connectivity index (χ2v) is 15.0. The highest BCUT2D eigenvalue weighted by Crippen LogP contribution is 2.53. The molecule has 8 aromatic carbocycles. The minimum Gasteiger partial charge on any atom is -0.310 e. The predicted octanol–water partition coefficient (Wildman–Crippen LogP) is 14.1. The maximum absolute atomic E-state index is 2.52. The van der Waals surface area contributed by atoms with Crippen LogP contribution in [0.1, 0.15) is 38.3 Å². The number of nitrogens with zero attached hydrogens (tertiary/aromatic N) is 1. The van der Waals surface area contributed by atoms with Gasteiger partial charge in [0.1, 0.15) is 0 Å². The van der Waals surface area contributed by atoms with Crippen molar-refractivity contribution in [3.8, 4) is 11.1 Å². The van der Waals surface area contributed by atoms with Crippen LogP contribution < -0.4 is 4.90 Å². The fraction of sp³-hybridized carbons (Fsp3) is 0.120. The molecule has 0 saturated carbocycles. The van der Waals surface area contributed by atoms with E-state index in [0.29, 0.717) is 5.92 Å². The summed E-state index contributed by atoms with van der Waals surface area (Å²) in [6, 6.07) is 56.5. The molecule has 8 aromatic rings. The zero-order chi connectivity index (χ0) is 34.3. The largest absolute Gasteiger partial charge is 0.310 e. The quantitative estimate of drug-likeness (QED) is 0.171. The zero-order valence-corrected chi connectivity index (χ0v) is 29.3. The van der Waals surface area contributed by atoms with Gasteiger partial charge in [0, 0.05) is 22.2 Å².